The number of anilines is 2. The standard InChI is InChI=1S/C12H18N2O/c1-2-15-8-9-3-6-12(11(13)7-9)14-10-4-5-10/h3,6-7,10,14H,2,4-5,8,13H2,1H3. The van der Waals surface area contributed by atoms with Crippen molar-refractivity contribution in [2.24, 2.45) is 0 Å². The van der Waals surface area contributed by atoms with E-state index in [9.17, 15) is 0 Å². The molecule has 3 heteroatoms. The van der Waals surface area contributed by atoms with Gasteiger partial charge in [0.1, 0.15) is 0 Å². The van der Waals surface area contributed by atoms with E-state index in [4.69, 9.17) is 10.5 Å². The molecule has 1 fully saturated rings. The highest BCUT2D eigenvalue weighted by atomic mass is 16.5. The molecule has 3 N–H and O–H groups in total. The van der Waals surface area contributed by atoms with Crippen molar-refractivity contribution in [2.75, 3.05) is 17.7 Å². The minimum Gasteiger partial charge on any atom is -0.397 e. The summed E-state index contributed by atoms with van der Waals surface area (Å²) >= 11 is 0. The minimum absolute atomic E-state index is 0.643. The van der Waals surface area contributed by atoms with Gasteiger partial charge in [0.05, 0.1) is 18.0 Å². The zero-order valence-corrected chi connectivity index (χ0v) is 9.12. The van der Waals surface area contributed by atoms with E-state index in [0.29, 0.717) is 12.6 Å². The second kappa shape index (κ2) is 4.53. The molecule has 0 atom stereocenters. The van der Waals surface area contributed by atoms with Crippen LogP contribution in [0.4, 0.5) is 11.4 Å². The summed E-state index contributed by atoms with van der Waals surface area (Å²) in [5.74, 6) is 0. The van der Waals surface area contributed by atoms with Gasteiger partial charge in [0.2, 0.25) is 0 Å². The quantitative estimate of drug-likeness (QED) is 0.727. The molecular formula is C12H18N2O. The van der Waals surface area contributed by atoms with E-state index < -0.39 is 0 Å². The van der Waals surface area contributed by atoms with E-state index >= 15 is 0 Å². The fraction of sp³-hybridized carbons (Fsp3) is 0.500. The molecular weight excluding hydrogens is 188 g/mol. The molecule has 0 aliphatic heterocycles. The molecule has 1 saturated carbocycles. The van der Waals surface area contributed by atoms with Crippen molar-refractivity contribution in [1.29, 1.82) is 0 Å². The molecule has 1 aliphatic rings. The zero-order valence-electron chi connectivity index (χ0n) is 9.12. The average Bonchev–Trinajstić information content (AvgIpc) is 3.02. The van der Waals surface area contributed by atoms with Gasteiger partial charge in [-0.2, -0.15) is 0 Å². The van der Waals surface area contributed by atoms with Gasteiger partial charge in [-0.05, 0) is 37.5 Å². The van der Waals surface area contributed by atoms with E-state index in [1.54, 1.807) is 0 Å². The lowest BCUT2D eigenvalue weighted by atomic mass is 10.2. The summed E-state index contributed by atoms with van der Waals surface area (Å²) in [5.41, 5.74) is 8.96. The summed E-state index contributed by atoms with van der Waals surface area (Å²) in [5, 5.41) is 3.40. The molecule has 0 bridgehead atoms. The van der Waals surface area contributed by atoms with Crippen LogP contribution in [0.3, 0.4) is 0 Å². The Morgan fingerprint density at radius 3 is 2.87 bits per heavy atom. The Bertz CT molecular complexity index is 334. The highest BCUT2D eigenvalue weighted by Gasteiger charge is 2.21. The van der Waals surface area contributed by atoms with Gasteiger partial charge in [-0.25, -0.2) is 0 Å². The van der Waals surface area contributed by atoms with Gasteiger partial charge in [-0.1, -0.05) is 6.07 Å². The van der Waals surface area contributed by atoms with Crippen LogP contribution in [0.1, 0.15) is 25.3 Å². The highest BCUT2D eigenvalue weighted by molar-refractivity contribution is 5.67. The van der Waals surface area contributed by atoms with Crippen LogP contribution in [0.5, 0.6) is 0 Å². The number of nitrogens with two attached hydrogens (primary N) is 1. The fourth-order valence-corrected chi connectivity index (χ4v) is 1.50. The number of nitrogens with one attached hydrogen (secondary N) is 1. The molecule has 2 rings (SSSR count). The van der Waals surface area contributed by atoms with Gasteiger partial charge < -0.3 is 15.8 Å². The molecule has 0 aromatic heterocycles. The van der Waals surface area contributed by atoms with Crippen LogP contribution >= 0.6 is 0 Å². The van der Waals surface area contributed by atoms with Crippen LogP contribution in [0.25, 0.3) is 0 Å². The molecule has 15 heavy (non-hydrogen) atoms. The van der Waals surface area contributed by atoms with Crippen LogP contribution in [0, 0.1) is 0 Å². The Labute approximate surface area is 90.6 Å². The Balaban J connectivity index is 2.00. The fourth-order valence-electron chi connectivity index (χ4n) is 1.50. The Morgan fingerprint density at radius 2 is 2.27 bits per heavy atom. The lowest BCUT2D eigenvalue weighted by Crippen LogP contribution is -2.04. The Morgan fingerprint density at radius 1 is 1.47 bits per heavy atom. The maximum atomic E-state index is 5.95. The van der Waals surface area contributed by atoms with Crippen molar-refractivity contribution >= 4 is 11.4 Å². The molecule has 0 spiro atoms. The van der Waals surface area contributed by atoms with E-state index in [1.165, 1.54) is 12.8 Å². The molecule has 0 amide bonds. The minimum atomic E-state index is 0.643. The number of benzene rings is 1. The van der Waals surface area contributed by atoms with Crippen LogP contribution in [0.2, 0.25) is 0 Å². The van der Waals surface area contributed by atoms with Crippen molar-refractivity contribution in [3.05, 3.63) is 23.8 Å². The Hall–Kier alpha value is -1.22. The van der Waals surface area contributed by atoms with E-state index in [-0.39, 0.29) is 0 Å². The third kappa shape index (κ3) is 2.86. The molecule has 1 aliphatic carbocycles. The summed E-state index contributed by atoms with van der Waals surface area (Å²) in [6.45, 7) is 3.37. The van der Waals surface area contributed by atoms with Crippen molar-refractivity contribution in [3.8, 4) is 0 Å². The first-order valence-corrected chi connectivity index (χ1v) is 5.52. The van der Waals surface area contributed by atoms with Crippen LogP contribution in [-0.2, 0) is 11.3 Å². The smallest absolute Gasteiger partial charge is 0.0717 e. The van der Waals surface area contributed by atoms with Gasteiger partial charge in [-0.3, -0.25) is 0 Å². The predicted octanol–water partition coefficient (Wildman–Crippen LogP) is 2.38. The average molecular weight is 206 g/mol. The van der Waals surface area contributed by atoms with Crippen molar-refractivity contribution in [2.45, 2.75) is 32.4 Å². The number of hydrogen-bond acceptors (Lipinski definition) is 3. The van der Waals surface area contributed by atoms with Crippen LogP contribution < -0.4 is 11.1 Å². The summed E-state index contributed by atoms with van der Waals surface area (Å²) < 4.78 is 5.33. The molecule has 1 aromatic carbocycles. The molecule has 82 valence electrons. The topological polar surface area (TPSA) is 47.3 Å². The molecule has 0 radical (unpaired) electrons. The zero-order chi connectivity index (χ0) is 10.7. The molecule has 1 aromatic rings. The highest BCUT2D eigenvalue weighted by Crippen LogP contribution is 2.28. The normalized spacial score (nSPS) is 15.3. The summed E-state index contributed by atoms with van der Waals surface area (Å²) in [6, 6.07) is 6.74. The summed E-state index contributed by atoms with van der Waals surface area (Å²) in [7, 11) is 0. The van der Waals surface area contributed by atoms with E-state index in [0.717, 1.165) is 23.5 Å². The number of rotatable bonds is 5. The lowest BCUT2D eigenvalue weighted by Gasteiger charge is -2.10. The second-order valence-corrected chi connectivity index (χ2v) is 3.98. The van der Waals surface area contributed by atoms with E-state index in [1.807, 2.05) is 19.1 Å². The third-order valence-corrected chi connectivity index (χ3v) is 2.53. The van der Waals surface area contributed by atoms with Gasteiger partial charge in [0.25, 0.3) is 0 Å². The SMILES string of the molecule is CCOCc1ccc(NC2CC2)c(N)c1. The largest absolute Gasteiger partial charge is 0.397 e. The van der Waals surface area contributed by atoms with Crippen LogP contribution in [-0.4, -0.2) is 12.6 Å². The number of hydrogen-bond donors (Lipinski definition) is 2. The van der Waals surface area contributed by atoms with E-state index in [2.05, 4.69) is 11.4 Å². The molecule has 0 saturated heterocycles. The number of nitrogen functional groups attached to an aromatic ring is 1. The molecule has 0 unspecified atom stereocenters. The lowest BCUT2D eigenvalue weighted by molar-refractivity contribution is 0.134. The number of ether oxygens (including phenoxy) is 1. The first kappa shape index (κ1) is 10.3. The van der Waals surface area contributed by atoms with Crippen molar-refractivity contribution in [3.63, 3.8) is 0 Å². The van der Waals surface area contributed by atoms with Crippen molar-refractivity contribution in [1.82, 2.24) is 0 Å². The van der Waals surface area contributed by atoms with Crippen LogP contribution in [0.15, 0.2) is 18.2 Å². The first-order valence-electron chi connectivity index (χ1n) is 5.52. The second-order valence-electron chi connectivity index (χ2n) is 3.98. The maximum Gasteiger partial charge on any atom is 0.0717 e. The monoisotopic (exact) mass is 206 g/mol. The molecule has 3 nitrogen and oxygen atoms in total. The van der Waals surface area contributed by atoms with Gasteiger partial charge in [0, 0.05) is 12.6 Å². The van der Waals surface area contributed by atoms with Gasteiger partial charge in [-0.15, -0.1) is 0 Å². The summed E-state index contributed by atoms with van der Waals surface area (Å²) in [4.78, 5) is 0. The van der Waals surface area contributed by atoms with Gasteiger partial charge in [0.15, 0.2) is 0 Å². The van der Waals surface area contributed by atoms with Gasteiger partial charge >= 0.3 is 0 Å². The first-order chi connectivity index (χ1) is 7.29. The summed E-state index contributed by atoms with van der Waals surface area (Å²) in [6.07, 6.45) is 2.53. The third-order valence-electron chi connectivity index (χ3n) is 2.53. The predicted molar refractivity (Wildman–Crippen MR) is 62.8 cm³/mol. The Kier molecular flexibility index (Phi) is 3.11. The molecule has 0 heterocycles. The van der Waals surface area contributed by atoms with Crippen molar-refractivity contribution < 1.29 is 4.74 Å². The maximum absolute atomic E-state index is 5.95.